The van der Waals surface area contributed by atoms with Gasteiger partial charge in [-0.3, -0.25) is 4.79 Å². The number of hydrogen-bond acceptors (Lipinski definition) is 4. The minimum absolute atomic E-state index is 0.0714. The van der Waals surface area contributed by atoms with Gasteiger partial charge >= 0.3 is 5.97 Å². The van der Waals surface area contributed by atoms with Crippen molar-refractivity contribution < 1.29 is 14.7 Å². The quantitative estimate of drug-likeness (QED) is 0.804. The average molecular weight is 303 g/mol. The van der Waals surface area contributed by atoms with Gasteiger partial charge in [-0.25, -0.2) is 4.79 Å². The van der Waals surface area contributed by atoms with Gasteiger partial charge < -0.3 is 10.4 Å². The molecule has 0 saturated carbocycles. The van der Waals surface area contributed by atoms with Crippen molar-refractivity contribution in [3.8, 4) is 10.4 Å². The van der Waals surface area contributed by atoms with Gasteiger partial charge in [-0.2, -0.15) is 0 Å². The molecule has 2 N–H and O–H groups in total. The van der Waals surface area contributed by atoms with Crippen molar-refractivity contribution in [2.75, 3.05) is 6.54 Å². The number of carboxylic acid groups (broad SMARTS) is 1. The van der Waals surface area contributed by atoms with E-state index in [2.05, 4.69) is 5.32 Å². The third kappa shape index (κ3) is 4.00. The van der Waals surface area contributed by atoms with Crippen LogP contribution in [-0.4, -0.2) is 29.4 Å². The maximum absolute atomic E-state index is 12.0. The summed E-state index contributed by atoms with van der Waals surface area (Å²) >= 11 is 1.42. The lowest BCUT2D eigenvalue weighted by molar-refractivity contribution is 0.0696. The number of nitrogens with one attached hydrogen (secondary N) is 1. The molecule has 5 heteroatoms. The van der Waals surface area contributed by atoms with E-state index in [4.69, 9.17) is 5.11 Å². The van der Waals surface area contributed by atoms with Crippen LogP contribution < -0.4 is 5.32 Å². The predicted molar refractivity (Wildman–Crippen MR) is 84.2 cm³/mol. The summed E-state index contributed by atoms with van der Waals surface area (Å²) in [6.07, 6.45) is 0. The Labute approximate surface area is 127 Å². The second-order valence-corrected chi connectivity index (χ2v) is 6.09. The van der Waals surface area contributed by atoms with Crippen molar-refractivity contribution in [1.82, 2.24) is 5.32 Å². The maximum Gasteiger partial charge on any atom is 0.335 e. The Kier molecular flexibility index (Phi) is 4.88. The zero-order chi connectivity index (χ0) is 15.4. The number of carboxylic acids is 1. The smallest absolute Gasteiger partial charge is 0.335 e. The SMILES string of the molecule is CC(C)NCC(=O)c1ccc(-c2ccc(C(=O)O)cc2)s1. The fraction of sp³-hybridized carbons (Fsp3) is 0.250. The highest BCUT2D eigenvalue weighted by molar-refractivity contribution is 7.17. The third-order valence-corrected chi connectivity index (χ3v) is 4.14. The molecule has 0 spiro atoms. The Balaban J connectivity index is 2.12. The monoisotopic (exact) mass is 303 g/mol. The van der Waals surface area contributed by atoms with E-state index in [1.54, 1.807) is 24.3 Å². The van der Waals surface area contributed by atoms with Crippen LogP contribution in [-0.2, 0) is 0 Å². The summed E-state index contributed by atoms with van der Waals surface area (Å²) in [5, 5.41) is 12.0. The Bertz CT molecular complexity index is 644. The van der Waals surface area contributed by atoms with Gasteiger partial charge in [-0.15, -0.1) is 11.3 Å². The second kappa shape index (κ2) is 6.65. The van der Waals surface area contributed by atoms with E-state index in [1.807, 2.05) is 26.0 Å². The number of aromatic carboxylic acids is 1. The van der Waals surface area contributed by atoms with E-state index in [9.17, 15) is 9.59 Å². The molecular formula is C16H17NO3S. The molecule has 1 aromatic heterocycles. The molecule has 0 unspecified atom stereocenters. The summed E-state index contributed by atoms with van der Waals surface area (Å²) < 4.78 is 0. The van der Waals surface area contributed by atoms with Gasteiger partial charge in [-0.05, 0) is 29.8 Å². The Morgan fingerprint density at radius 1 is 1.14 bits per heavy atom. The van der Waals surface area contributed by atoms with Crippen LogP contribution in [0.2, 0.25) is 0 Å². The third-order valence-electron chi connectivity index (χ3n) is 2.97. The first-order valence-electron chi connectivity index (χ1n) is 6.67. The molecule has 0 bridgehead atoms. The molecule has 0 saturated heterocycles. The van der Waals surface area contributed by atoms with Gasteiger partial charge in [0.2, 0.25) is 0 Å². The molecule has 110 valence electrons. The second-order valence-electron chi connectivity index (χ2n) is 5.01. The highest BCUT2D eigenvalue weighted by atomic mass is 32.1. The number of ketones is 1. The van der Waals surface area contributed by atoms with E-state index >= 15 is 0 Å². The topological polar surface area (TPSA) is 66.4 Å². The van der Waals surface area contributed by atoms with Crippen molar-refractivity contribution in [1.29, 1.82) is 0 Å². The van der Waals surface area contributed by atoms with Crippen LogP contribution in [0.5, 0.6) is 0 Å². The fourth-order valence-electron chi connectivity index (χ4n) is 1.80. The summed E-state index contributed by atoms with van der Waals surface area (Å²) in [7, 11) is 0. The van der Waals surface area contributed by atoms with Crippen LogP contribution in [0.4, 0.5) is 0 Å². The normalized spacial score (nSPS) is 10.8. The van der Waals surface area contributed by atoms with E-state index < -0.39 is 5.97 Å². The molecule has 0 atom stereocenters. The highest BCUT2D eigenvalue weighted by Crippen LogP contribution is 2.28. The van der Waals surface area contributed by atoms with Crippen molar-refractivity contribution in [2.24, 2.45) is 0 Å². The first-order valence-corrected chi connectivity index (χ1v) is 7.49. The van der Waals surface area contributed by atoms with Crippen molar-refractivity contribution in [3.05, 3.63) is 46.8 Å². The van der Waals surface area contributed by atoms with Gasteiger partial charge in [0.1, 0.15) is 0 Å². The van der Waals surface area contributed by atoms with E-state index in [1.165, 1.54) is 11.3 Å². The molecule has 1 aromatic carbocycles. The van der Waals surface area contributed by atoms with Crippen LogP contribution in [0.15, 0.2) is 36.4 Å². The van der Waals surface area contributed by atoms with Crippen molar-refractivity contribution in [2.45, 2.75) is 19.9 Å². The predicted octanol–water partition coefficient (Wildman–Crippen LogP) is 3.29. The number of hydrogen-bond donors (Lipinski definition) is 2. The van der Waals surface area contributed by atoms with Gasteiger partial charge in [0.15, 0.2) is 5.78 Å². The van der Waals surface area contributed by atoms with Gasteiger partial charge in [0, 0.05) is 10.9 Å². The summed E-state index contributed by atoms with van der Waals surface area (Å²) in [5.41, 5.74) is 1.17. The van der Waals surface area contributed by atoms with Crippen LogP contribution in [0, 0.1) is 0 Å². The molecule has 0 aliphatic heterocycles. The van der Waals surface area contributed by atoms with Crippen LogP contribution in [0.3, 0.4) is 0 Å². The van der Waals surface area contributed by atoms with Gasteiger partial charge in [0.25, 0.3) is 0 Å². The minimum atomic E-state index is -0.941. The number of carbonyl (C=O) groups is 2. The molecule has 2 aromatic rings. The van der Waals surface area contributed by atoms with Crippen LogP contribution >= 0.6 is 11.3 Å². The molecule has 1 heterocycles. The average Bonchev–Trinajstić information content (AvgIpc) is 2.94. The first-order chi connectivity index (χ1) is 9.97. The minimum Gasteiger partial charge on any atom is -0.478 e. The first kappa shape index (κ1) is 15.4. The standard InChI is InChI=1S/C16H17NO3S/c1-10(2)17-9-13(18)15-8-7-14(21-15)11-3-5-12(6-4-11)16(19)20/h3-8,10,17H,9H2,1-2H3,(H,19,20). The van der Waals surface area contributed by atoms with E-state index in [0.29, 0.717) is 11.4 Å². The maximum atomic E-state index is 12.0. The summed E-state index contributed by atoms with van der Waals surface area (Å²) in [6, 6.07) is 10.6. The Morgan fingerprint density at radius 3 is 2.38 bits per heavy atom. The number of Topliss-reactive ketones (excluding diaryl/α,β-unsaturated/α-hetero) is 1. The lowest BCUT2D eigenvalue weighted by Gasteiger charge is -2.05. The summed E-state index contributed by atoms with van der Waals surface area (Å²) in [5.74, 6) is -0.870. The zero-order valence-corrected chi connectivity index (χ0v) is 12.7. The van der Waals surface area contributed by atoms with Crippen molar-refractivity contribution in [3.63, 3.8) is 0 Å². The molecule has 0 fully saturated rings. The summed E-state index contributed by atoms with van der Waals surface area (Å²) in [6.45, 7) is 4.32. The molecule has 21 heavy (non-hydrogen) atoms. The largest absolute Gasteiger partial charge is 0.478 e. The zero-order valence-electron chi connectivity index (χ0n) is 11.9. The number of rotatable bonds is 6. The number of benzene rings is 1. The van der Waals surface area contributed by atoms with Crippen LogP contribution in [0.25, 0.3) is 10.4 Å². The molecule has 0 amide bonds. The lowest BCUT2D eigenvalue weighted by atomic mass is 10.1. The molecule has 0 aliphatic rings. The fourth-order valence-corrected chi connectivity index (χ4v) is 2.75. The van der Waals surface area contributed by atoms with Crippen molar-refractivity contribution >= 4 is 23.1 Å². The Morgan fingerprint density at radius 2 is 1.81 bits per heavy atom. The number of carbonyl (C=O) groups excluding carboxylic acids is 1. The van der Waals surface area contributed by atoms with Gasteiger partial charge in [-0.1, -0.05) is 26.0 Å². The highest BCUT2D eigenvalue weighted by Gasteiger charge is 2.11. The van der Waals surface area contributed by atoms with E-state index in [-0.39, 0.29) is 17.4 Å². The molecule has 0 aliphatic carbocycles. The molecule has 4 nitrogen and oxygen atoms in total. The number of thiophene rings is 1. The molecule has 0 radical (unpaired) electrons. The van der Waals surface area contributed by atoms with E-state index in [0.717, 1.165) is 10.4 Å². The lowest BCUT2D eigenvalue weighted by Crippen LogP contribution is -2.28. The molecular weight excluding hydrogens is 286 g/mol. The summed E-state index contributed by atoms with van der Waals surface area (Å²) in [4.78, 5) is 24.5. The Hall–Kier alpha value is -1.98. The van der Waals surface area contributed by atoms with Crippen LogP contribution in [0.1, 0.15) is 33.9 Å². The molecule has 2 rings (SSSR count). The van der Waals surface area contributed by atoms with Gasteiger partial charge in [0.05, 0.1) is 17.0 Å².